The molecular weight excluding hydrogens is 404 g/mol. The maximum absolute atomic E-state index is 12.7. The Morgan fingerprint density at radius 3 is 2.66 bits per heavy atom. The van der Waals surface area contributed by atoms with Crippen LogP contribution in [0.2, 0.25) is 0 Å². The summed E-state index contributed by atoms with van der Waals surface area (Å²) < 4.78 is 7.55. The molecule has 0 fully saturated rings. The van der Waals surface area contributed by atoms with Crippen molar-refractivity contribution in [3.63, 3.8) is 0 Å². The highest BCUT2D eigenvalue weighted by atomic mass is 16.5. The lowest BCUT2D eigenvalue weighted by Crippen LogP contribution is -2.35. The van der Waals surface area contributed by atoms with Gasteiger partial charge in [-0.25, -0.2) is 14.5 Å². The number of hydrogen-bond acceptors (Lipinski definition) is 5. The highest BCUT2D eigenvalue weighted by Gasteiger charge is 2.16. The third kappa shape index (κ3) is 5.09. The summed E-state index contributed by atoms with van der Waals surface area (Å²) in [6.07, 6.45) is 5.26. The number of aryl methyl sites for hydroxylation is 1. The number of carbonyl (C=O) groups excluding carboxylic acids is 1. The van der Waals surface area contributed by atoms with Crippen LogP contribution in [-0.2, 0) is 4.74 Å². The topological polar surface area (TPSA) is 94.0 Å². The number of aromatic nitrogens is 4. The van der Waals surface area contributed by atoms with Gasteiger partial charge in [-0.2, -0.15) is 5.10 Å². The zero-order valence-corrected chi connectivity index (χ0v) is 18.3. The van der Waals surface area contributed by atoms with Gasteiger partial charge >= 0.3 is 6.03 Å². The number of fused-ring (bicyclic) bond motifs is 1. The van der Waals surface area contributed by atoms with E-state index in [1.807, 2.05) is 63.2 Å². The number of anilines is 1. The molecule has 0 aliphatic rings. The van der Waals surface area contributed by atoms with Crippen molar-refractivity contribution in [3.05, 3.63) is 78.4 Å². The van der Waals surface area contributed by atoms with Gasteiger partial charge in [-0.15, -0.1) is 0 Å². The number of rotatable bonds is 7. The molecule has 0 spiro atoms. The Balaban J connectivity index is 1.49. The Morgan fingerprint density at radius 2 is 1.91 bits per heavy atom. The first kappa shape index (κ1) is 21.5. The quantitative estimate of drug-likeness (QED) is 0.453. The summed E-state index contributed by atoms with van der Waals surface area (Å²) in [5.74, 6) is 0.442. The summed E-state index contributed by atoms with van der Waals surface area (Å²) in [5, 5.41) is 11.1. The summed E-state index contributed by atoms with van der Waals surface area (Å²) in [4.78, 5) is 21.3. The lowest BCUT2D eigenvalue weighted by atomic mass is 10.1. The molecule has 3 aromatic heterocycles. The molecule has 0 saturated heterocycles. The van der Waals surface area contributed by atoms with E-state index in [-0.39, 0.29) is 18.2 Å². The highest BCUT2D eigenvalue weighted by molar-refractivity contribution is 5.91. The molecule has 4 rings (SSSR count). The average molecular weight is 431 g/mol. The molecule has 3 heterocycles. The largest absolute Gasteiger partial charge is 0.376 e. The summed E-state index contributed by atoms with van der Waals surface area (Å²) in [6.45, 7) is 6.24. The lowest BCUT2D eigenvalue weighted by Gasteiger charge is -2.21. The molecule has 0 aliphatic carbocycles. The van der Waals surface area contributed by atoms with E-state index < -0.39 is 0 Å². The minimum absolute atomic E-state index is 0.0656. The van der Waals surface area contributed by atoms with Crippen LogP contribution < -0.4 is 10.6 Å². The molecule has 2 amide bonds. The van der Waals surface area contributed by atoms with E-state index in [1.165, 1.54) is 0 Å². The second-order valence-electron chi connectivity index (χ2n) is 7.78. The van der Waals surface area contributed by atoms with Gasteiger partial charge in [0.1, 0.15) is 5.82 Å². The third-order valence-electron chi connectivity index (χ3n) is 4.92. The number of ether oxygens (including phenoxy) is 1. The molecule has 1 atom stereocenters. The maximum atomic E-state index is 12.7. The molecule has 0 saturated carbocycles. The van der Waals surface area contributed by atoms with Crippen molar-refractivity contribution in [1.82, 2.24) is 25.1 Å². The zero-order chi connectivity index (χ0) is 22.5. The fraction of sp³-hybridized carbons (Fsp3) is 0.250. The third-order valence-corrected chi connectivity index (χ3v) is 4.92. The molecule has 8 nitrogen and oxygen atoms in total. The first-order valence-corrected chi connectivity index (χ1v) is 10.5. The number of urea groups is 1. The van der Waals surface area contributed by atoms with Gasteiger partial charge in [-0.3, -0.25) is 10.3 Å². The monoisotopic (exact) mass is 430 g/mol. The Labute approximate surface area is 186 Å². The molecule has 4 aromatic rings. The molecule has 1 aromatic carbocycles. The van der Waals surface area contributed by atoms with Crippen molar-refractivity contribution in [2.75, 3.05) is 11.9 Å². The Hall–Kier alpha value is -3.78. The number of benzene rings is 1. The minimum atomic E-state index is -0.352. The number of pyridine rings is 2. The van der Waals surface area contributed by atoms with Crippen molar-refractivity contribution in [2.24, 2.45) is 0 Å². The molecule has 32 heavy (non-hydrogen) atoms. The predicted molar refractivity (Wildman–Crippen MR) is 124 cm³/mol. The van der Waals surface area contributed by atoms with Gasteiger partial charge < -0.3 is 10.1 Å². The number of hydrogen-bond donors (Lipinski definition) is 2. The number of carbonyl (C=O) groups is 1. The van der Waals surface area contributed by atoms with E-state index in [1.54, 1.807) is 29.3 Å². The van der Waals surface area contributed by atoms with Crippen molar-refractivity contribution in [1.29, 1.82) is 0 Å². The van der Waals surface area contributed by atoms with Gasteiger partial charge in [0.2, 0.25) is 0 Å². The second kappa shape index (κ2) is 9.57. The van der Waals surface area contributed by atoms with Gasteiger partial charge in [0.25, 0.3) is 0 Å². The van der Waals surface area contributed by atoms with Crippen LogP contribution in [0.4, 0.5) is 10.6 Å². The SMILES string of the molecule is Cc1cc(-n2ncc3cc(NC(=O)NC(COC(C)C)c4ccccc4)ncc32)ccn1. The number of nitrogens with zero attached hydrogens (tertiary/aromatic N) is 4. The first-order chi connectivity index (χ1) is 15.5. The van der Waals surface area contributed by atoms with E-state index in [2.05, 4.69) is 25.7 Å². The van der Waals surface area contributed by atoms with Crippen LogP contribution in [0.15, 0.2) is 67.1 Å². The molecular formula is C24H26N6O2. The summed E-state index contributed by atoms with van der Waals surface area (Å²) >= 11 is 0. The molecule has 8 heteroatoms. The summed E-state index contributed by atoms with van der Waals surface area (Å²) in [6, 6.07) is 14.8. The standard InChI is InChI=1S/C24H26N6O2/c1-16(2)32-15-21(18-7-5-4-6-8-18)28-24(31)29-23-12-19-13-27-30(22(19)14-26-23)20-9-10-25-17(3)11-20/h4-14,16,21H,15H2,1-3H3,(H2,26,28,29,31). The van der Waals surface area contributed by atoms with E-state index in [4.69, 9.17) is 4.74 Å². The maximum Gasteiger partial charge on any atom is 0.320 e. The van der Waals surface area contributed by atoms with Crippen LogP contribution in [0.5, 0.6) is 0 Å². The molecule has 2 N–H and O–H groups in total. The van der Waals surface area contributed by atoms with Gasteiger partial charge in [0.15, 0.2) is 0 Å². The van der Waals surface area contributed by atoms with E-state index in [9.17, 15) is 4.79 Å². The van der Waals surface area contributed by atoms with Crippen LogP contribution in [0.1, 0.15) is 31.1 Å². The first-order valence-electron chi connectivity index (χ1n) is 10.5. The fourth-order valence-electron chi connectivity index (χ4n) is 3.37. The highest BCUT2D eigenvalue weighted by Crippen LogP contribution is 2.20. The normalized spacial score (nSPS) is 12.1. The Bertz CT molecular complexity index is 1210. The minimum Gasteiger partial charge on any atom is -0.376 e. The van der Waals surface area contributed by atoms with Gasteiger partial charge in [-0.1, -0.05) is 30.3 Å². The summed E-state index contributed by atoms with van der Waals surface area (Å²) in [5.41, 5.74) is 3.63. The Morgan fingerprint density at radius 1 is 1.09 bits per heavy atom. The van der Waals surface area contributed by atoms with Crippen molar-refractivity contribution in [3.8, 4) is 5.69 Å². The average Bonchev–Trinajstić information content (AvgIpc) is 3.20. The number of nitrogens with one attached hydrogen (secondary N) is 2. The van der Waals surface area contributed by atoms with Crippen LogP contribution in [-0.4, -0.2) is 38.5 Å². The van der Waals surface area contributed by atoms with Crippen molar-refractivity contribution < 1.29 is 9.53 Å². The van der Waals surface area contributed by atoms with Crippen molar-refractivity contribution >= 4 is 22.8 Å². The second-order valence-corrected chi connectivity index (χ2v) is 7.78. The smallest absolute Gasteiger partial charge is 0.320 e. The number of amides is 2. The van der Waals surface area contributed by atoms with Crippen molar-refractivity contribution in [2.45, 2.75) is 32.9 Å². The molecule has 0 aliphatic heterocycles. The lowest BCUT2D eigenvalue weighted by molar-refractivity contribution is 0.0632. The van der Waals surface area contributed by atoms with Gasteiger partial charge in [0.05, 0.1) is 42.4 Å². The van der Waals surface area contributed by atoms with E-state index >= 15 is 0 Å². The van der Waals surface area contributed by atoms with Gasteiger partial charge in [0, 0.05) is 17.3 Å². The van der Waals surface area contributed by atoms with E-state index in [0.29, 0.717) is 12.4 Å². The van der Waals surface area contributed by atoms with Crippen LogP contribution >= 0.6 is 0 Å². The van der Waals surface area contributed by atoms with Crippen LogP contribution in [0.3, 0.4) is 0 Å². The van der Waals surface area contributed by atoms with Crippen LogP contribution in [0, 0.1) is 6.92 Å². The molecule has 0 bridgehead atoms. The zero-order valence-electron chi connectivity index (χ0n) is 18.3. The predicted octanol–water partition coefficient (Wildman–Crippen LogP) is 4.41. The molecule has 164 valence electrons. The fourth-order valence-corrected chi connectivity index (χ4v) is 3.37. The molecule has 1 unspecified atom stereocenters. The van der Waals surface area contributed by atoms with Gasteiger partial charge in [-0.05, 0) is 44.5 Å². The Kier molecular flexibility index (Phi) is 6.42. The summed E-state index contributed by atoms with van der Waals surface area (Å²) in [7, 11) is 0. The van der Waals surface area contributed by atoms with Crippen LogP contribution in [0.25, 0.3) is 16.6 Å². The van der Waals surface area contributed by atoms with E-state index in [0.717, 1.165) is 27.8 Å². The molecule has 0 radical (unpaired) electrons.